The molecule has 0 unspecified atom stereocenters. The van der Waals surface area contributed by atoms with E-state index in [1.807, 2.05) is 0 Å². The number of hydrogen-bond acceptors (Lipinski definition) is 4. The summed E-state index contributed by atoms with van der Waals surface area (Å²) in [6.45, 7) is -0.550. The number of nitrogens with zero attached hydrogens (tertiary/aromatic N) is 3. The Labute approximate surface area is 54.7 Å². The summed E-state index contributed by atoms with van der Waals surface area (Å²) in [4.78, 5) is 30.4. The molecule has 1 aliphatic rings. The molecule has 1 heterocycles. The summed E-state index contributed by atoms with van der Waals surface area (Å²) in [6, 6.07) is -1.10. The second-order valence-electron chi connectivity index (χ2n) is 1.58. The first-order valence-electron chi connectivity index (χ1n) is 2.31. The fourth-order valence-corrected chi connectivity index (χ4v) is 0.523. The molecule has 1 rings (SSSR count). The van der Waals surface area contributed by atoms with Crippen molar-refractivity contribution in [3.63, 3.8) is 0 Å². The van der Waals surface area contributed by atoms with E-state index in [0.29, 0.717) is 0 Å². The van der Waals surface area contributed by atoms with Gasteiger partial charge in [0.05, 0.1) is 0 Å². The highest BCUT2D eigenvalue weighted by Crippen LogP contribution is 1.98. The summed E-state index contributed by atoms with van der Waals surface area (Å²) in [7, 11) is 0. The first-order valence-corrected chi connectivity index (χ1v) is 2.31. The topological polar surface area (TPSA) is 94.6 Å². The molecule has 7 heteroatoms. The maximum atomic E-state index is 10.3. The van der Waals surface area contributed by atoms with Gasteiger partial charge in [0.2, 0.25) is 0 Å². The molecule has 10 heavy (non-hydrogen) atoms. The van der Waals surface area contributed by atoms with Crippen LogP contribution in [0.5, 0.6) is 0 Å². The van der Waals surface area contributed by atoms with Crippen LogP contribution in [-0.2, 0) is 4.79 Å². The first kappa shape index (κ1) is 6.46. The van der Waals surface area contributed by atoms with Crippen molar-refractivity contribution < 1.29 is 14.6 Å². The molecule has 0 spiro atoms. The number of imide groups is 1. The Morgan fingerprint density at radius 2 is 2.20 bits per heavy atom. The minimum atomic E-state index is -1.10. The van der Waals surface area contributed by atoms with Crippen LogP contribution in [0.15, 0.2) is 0 Å². The van der Waals surface area contributed by atoms with E-state index in [9.17, 15) is 19.7 Å². The third-order valence-electron chi connectivity index (χ3n) is 0.923. The fraction of sp³-hybridized carbons (Fsp3) is 0.333. The van der Waals surface area contributed by atoms with Crippen molar-refractivity contribution in [3.8, 4) is 0 Å². The number of carbonyl (C=O) groups is 2. The first-order chi connectivity index (χ1) is 4.61. The Balaban J connectivity index is 2.72. The van der Waals surface area contributed by atoms with E-state index in [1.54, 1.807) is 0 Å². The van der Waals surface area contributed by atoms with E-state index in [4.69, 9.17) is 0 Å². The van der Waals surface area contributed by atoms with E-state index in [1.165, 1.54) is 0 Å². The molecular formula is C3H2N3O4. The van der Waals surface area contributed by atoms with Gasteiger partial charge in [-0.3, -0.25) is 4.79 Å². The van der Waals surface area contributed by atoms with Gasteiger partial charge in [-0.25, -0.2) is 14.9 Å². The summed E-state index contributed by atoms with van der Waals surface area (Å²) in [5, 5.41) is 11.8. The van der Waals surface area contributed by atoms with Crippen molar-refractivity contribution in [1.29, 1.82) is 0 Å². The largest absolute Gasteiger partial charge is 0.405 e. The standard InChI is InChI=1S/C3H2N3O4/c7-2-1-5(6(9)10)3(8)4-2/h1H2. The maximum Gasteiger partial charge on any atom is 0.405 e. The predicted octanol–water partition coefficient (Wildman–Crippen LogP) is -1.26. The molecular weight excluding hydrogens is 142 g/mol. The van der Waals surface area contributed by atoms with Crippen LogP contribution < -0.4 is 5.32 Å². The average molecular weight is 144 g/mol. The Morgan fingerprint density at radius 1 is 1.60 bits per heavy atom. The van der Waals surface area contributed by atoms with Gasteiger partial charge >= 0.3 is 6.03 Å². The zero-order valence-corrected chi connectivity index (χ0v) is 4.68. The summed E-state index contributed by atoms with van der Waals surface area (Å²) < 4.78 is 0. The van der Waals surface area contributed by atoms with Gasteiger partial charge in [0.25, 0.3) is 5.91 Å². The second kappa shape index (κ2) is 1.94. The van der Waals surface area contributed by atoms with Crippen LogP contribution in [0.4, 0.5) is 4.79 Å². The van der Waals surface area contributed by atoms with Crippen LogP contribution in [-0.4, -0.2) is 28.5 Å². The number of urea groups is 1. The second-order valence-corrected chi connectivity index (χ2v) is 1.58. The van der Waals surface area contributed by atoms with Crippen LogP contribution in [0, 0.1) is 10.1 Å². The summed E-state index contributed by atoms with van der Waals surface area (Å²) in [5.41, 5.74) is 0. The highest BCUT2D eigenvalue weighted by atomic mass is 16.7. The highest BCUT2D eigenvalue weighted by molar-refractivity contribution is 6.00. The van der Waals surface area contributed by atoms with Crippen LogP contribution in [0.2, 0.25) is 0 Å². The Kier molecular flexibility index (Phi) is 1.25. The maximum absolute atomic E-state index is 10.3. The van der Waals surface area contributed by atoms with Gasteiger partial charge in [-0.1, -0.05) is 0 Å². The average Bonchev–Trinajstić information content (AvgIpc) is 2.10. The molecule has 0 atom stereocenters. The number of rotatable bonds is 1. The molecule has 0 bridgehead atoms. The number of hydrogen-bond donors (Lipinski definition) is 0. The summed E-state index contributed by atoms with van der Waals surface area (Å²) >= 11 is 0. The van der Waals surface area contributed by atoms with Crippen LogP contribution in [0.3, 0.4) is 0 Å². The van der Waals surface area contributed by atoms with Crippen molar-refractivity contribution in [2.24, 2.45) is 0 Å². The Bertz CT molecular complexity index is 212. The van der Waals surface area contributed by atoms with Gasteiger partial charge in [0.15, 0.2) is 11.6 Å². The third-order valence-corrected chi connectivity index (χ3v) is 0.923. The van der Waals surface area contributed by atoms with Crippen molar-refractivity contribution in [3.05, 3.63) is 10.1 Å². The van der Waals surface area contributed by atoms with Crippen molar-refractivity contribution in [2.75, 3.05) is 6.54 Å². The minimum Gasteiger partial charge on any atom is -0.270 e. The molecule has 53 valence electrons. The molecule has 3 amide bonds. The van der Waals surface area contributed by atoms with Crippen molar-refractivity contribution in [1.82, 2.24) is 10.3 Å². The third kappa shape index (κ3) is 0.879. The monoisotopic (exact) mass is 144 g/mol. The van der Waals surface area contributed by atoms with Gasteiger partial charge in [0.1, 0.15) is 0 Å². The SMILES string of the molecule is O=C1CN([N+](=O)[O-])C(=O)[N]1. The zero-order valence-electron chi connectivity index (χ0n) is 4.68. The van der Waals surface area contributed by atoms with Crippen LogP contribution >= 0.6 is 0 Å². The molecule has 0 N–H and O–H groups in total. The lowest BCUT2D eigenvalue weighted by atomic mass is 10.7. The lowest BCUT2D eigenvalue weighted by molar-refractivity contribution is -0.627. The van der Waals surface area contributed by atoms with Gasteiger partial charge in [-0.05, 0) is 5.01 Å². The molecule has 0 saturated carbocycles. The quantitative estimate of drug-likeness (QED) is 0.261. The molecule has 1 radical (unpaired) electrons. The lowest BCUT2D eigenvalue weighted by Crippen LogP contribution is -2.31. The van der Waals surface area contributed by atoms with Crippen LogP contribution in [0.25, 0.3) is 0 Å². The molecule has 1 fully saturated rings. The van der Waals surface area contributed by atoms with Gasteiger partial charge in [0, 0.05) is 0 Å². The summed E-state index contributed by atoms with van der Waals surface area (Å²) in [5.74, 6) is -0.776. The van der Waals surface area contributed by atoms with Gasteiger partial charge < -0.3 is 0 Å². The van der Waals surface area contributed by atoms with Gasteiger partial charge in [-0.15, -0.1) is 0 Å². The molecule has 0 aromatic rings. The van der Waals surface area contributed by atoms with E-state index in [-0.39, 0.29) is 5.01 Å². The molecule has 7 nitrogen and oxygen atoms in total. The van der Waals surface area contributed by atoms with Gasteiger partial charge in [-0.2, -0.15) is 5.32 Å². The molecule has 0 aromatic heterocycles. The normalized spacial score (nSPS) is 17.4. The highest BCUT2D eigenvalue weighted by Gasteiger charge is 2.37. The smallest absolute Gasteiger partial charge is 0.270 e. The molecule has 1 saturated heterocycles. The summed E-state index contributed by atoms with van der Waals surface area (Å²) in [6.07, 6.45) is 0. The van der Waals surface area contributed by atoms with Crippen LogP contribution in [0.1, 0.15) is 0 Å². The van der Waals surface area contributed by atoms with E-state index < -0.39 is 23.5 Å². The van der Waals surface area contributed by atoms with Crippen molar-refractivity contribution >= 4 is 11.9 Å². The number of hydrazine groups is 1. The predicted molar refractivity (Wildman–Crippen MR) is 26.2 cm³/mol. The molecule has 0 aliphatic carbocycles. The van der Waals surface area contributed by atoms with E-state index in [2.05, 4.69) is 5.32 Å². The van der Waals surface area contributed by atoms with E-state index in [0.717, 1.165) is 0 Å². The van der Waals surface area contributed by atoms with Crippen molar-refractivity contribution in [2.45, 2.75) is 0 Å². The Hall–Kier alpha value is -1.66. The zero-order chi connectivity index (χ0) is 7.72. The Morgan fingerprint density at radius 3 is 2.40 bits per heavy atom. The molecule has 1 aliphatic heterocycles. The number of amides is 3. The molecule has 0 aromatic carbocycles. The lowest BCUT2D eigenvalue weighted by Gasteiger charge is -1.96. The van der Waals surface area contributed by atoms with E-state index >= 15 is 0 Å². The number of carbonyl (C=O) groups excluding carboxylic acids is 2. The fourth-order valence-electron chi connectivity index (χ4n) is 0.523. The minimum absolute atomic E-state index is 0.155. The number of nitro groups is 1.